The van der Waals surface area contributed by atoms with E-state index in [0.29, 0.717) is 5.75 Å². The van der Waals surface area contributed by atoms with Crippen molar-refractivity contribution < 1.29 is 13.9 Å². The third-order valence-corrected chi connectivity index (χ3v) is 6.88. The van der Waals surface area contributed by atoms with Crippen molar-refractivity contribution in [3.63, 3.8) is 0 Å². The minimum Gasteiger partial charge on any atom is -0.496 e. The van der Waals surface area contributed by atoms with Gasteiger partial charge in [0.15, 0.2) is 0 Å². The minimum atomic E-state index is 0.0791. The summed E-state index contributed by atoms with van der Waals surface area (Å²) >= 11 is 0. The molecular weight excluding hydrogens is 434 g/mol. The Morgan fingerprint density at radius 2 is 1.54 bits per heavy atom. The second-order valence-corrected chi connectivity index (χ2v) is 9.21. The Morgan fingerprint density at radius 1 is 0.886 bits per heavy atom. The van der Waals surface area contributed by atoms with Crippen LogP contribution in [0.3, 0.4) is 0 Å². The molecule has 0 N–H and O–H groups in total. The number of amides is 1. The van der Waals surface area contributed by atoms with E-state index in [2.05, 4.69) is 54.6 Å². The second kappa shape index (κ2) is 10.2. The lowest BCUT2D eigenvalue weighted by atomic mass is 9.97. The number of rotatable bonds is 5. The van der Waals surface area contributed by atoms with Crippen molar-refractivity contribution in [3.8, 4) is 28.0 Å². The maximum Gasteiger partial charge on any atom is 0.246 e. The van der Waals surface area contributed by atoms with Gasteiger partial charge in [-0.1, -0.05) is 67.4 Å². The van der Waals surface area contributed by atoms with E-state index in [-0.39, 0.29) is 5.91 Å². The fourth-order valence-electron chi connectivity index (χ4n) is 4.87. The first-order chi connectivity index (χ1) is 17.1. The summed E-state index contributed by atoms with van der Waals surface area (Å²) in [6.07, 6.45) is 8.11. The lowest BCUT2D eigenvalue weighted by Gasteiger charge is -2.19. The molecule has 0 aliphatic carbocycles. The standard InChI is InChI=1S/C31H31NO3/c1-22(18-31(33)32-16-8-3-4-9-17-32)26-19-27-28(21-35-30(27)20-29(26)34-2)25-14-12-24(13-15-25)23-10-6-5-7-11-23/h5-7,10-15,18-21H,3-4,8-9,16-17H2,1-2H3/b22-18+. The van der Waals surface area contributed by atoms with Gasteiger partial charge in [-0.05, 0) is 48.1 Å². The highest BCUT2D eigenvalue weighted by Gasteiger charge is 2.17. The highest BCUT2D eigenvalue weighted by atomic mass is 16.5. The molecule has 1 amide bonds. The number of furan rings is 1. The molecule has 1 aliphatic rings. The molecule has 1 fully saturated rings. The van der Waals surface area contributed by atoms with Crippen LogP contribution in [0, 0.1) is 0 Å². The van der Waals surface area contributed by atoms with E-state index in [1.165, 1.54) is 24.0 Å². The number of nitrogens with zero attached hydrogens (tertiary/aromatic N) is 1. The van der Waals surface area contributed by atoms with Crippen LogP contribution in [0.4, 0.5) is 0 Å². The molecule has 0 saturated carbocycles. The summed E-state index contributed by atoms with van der Waals surface area (Å²) in [5, 5.41) is 1.00. The van der Waals surface area contributed by atoms with Crippen LogP contribution < -0.4 is 4.74 Å². The SMILES string of the molecule is COc1cc2occ(-c3ccc(-c4ccccc4)cc3)c2cc1/C(C)=C/C(=O)N1CCCCCC1. The largest absolute Gasteiger partial charge is 0.496 e. The third kappa shape index (κ3) is 4.88. The van der Waals surface area contributed by atoms with Crippen LogP contribution in [-0.2, 0) is 4.79 Å². The predicted octanol–water partition coefficient (Wildman–Crippen LogP) is 7.58. The van der Waals surface area contributed by atoms with Gasteiger partial charge in [0.25, 0.3) is 0 Å². The molecule has 5 rings (SSSR count). The lowest BCUT2D eigenvalue weighted by Crippen LogP contribution is -2.30. The van der Waals surface area contributed by atoms with Gasteiger partial charge in [-0.2, -0.15) is 0 Å². The molecule has 3 aromatic carbocycles. The zero-order chi connectivity index (χ0) is 24.2. The van der Waals surface area contributed by atoms with Gasteiger partial charge < -0.3 is 14.1 Å². The van der Waals surface area contributed by atoms with Crippen LogP contribution in [0.25, 0.3) is 38.8 Å². The first-order valence-corrected chi connectivity index (χ1v) is 12.4. The number of benzene rings is 3. The molecule has 35 heavy (non-hydrogen) atoms. The zero-order valence-corrected chi connectivity index (χ0v) is 20.4. The normalized spacial score (nSPS) is 14.7. The van der Waals surface area contributed by atoms with Crippen LogP contribution in [-0.4, -0.2) is 31.0 Å². The number of likely N-dealkylation sites (tertiary alicyclic amines) is 1. The number of carbonyl (C=O) groups excluding carboxylic acids is 1. The second-order valence-electron chi connectivity index (χ2n) is 9.21. The van der Waals surface area contributed by atoms with Gasteiger partial charge in [-0.25, -0.2) is 0 Å². The molecule has 0 radical (unpaired) electrons. The van der Waals surface area contributed by atoms with Crippen molar-refractivity contribution in [2.45, 2.75) is 32.6 Å². The Labute approximate surface area is 206 Å². The number of ether oxygens (including phenoxy) is 1. The Balaban J connectivity index is 1.48. The molecule has 178 valence electrons. The molecule has 0 atom stereocenters. The molecule has 1 aromatic heterocycles. The van der Waals surface area contributed by atoms with Gasteiger partial charge in [0.05, 0.1) is 13.4 Å². The average molecular weight is 466 g/mol. The van der Waals surface area contributed by atoms with Crippen molar-refractivity contribution in [1.29, 1.82) is 0 Å². The average Bonchev–Trinajstić information content (AvgIpc) is 3.11. The van der Waals surface area contributed by atoms with Gasteiger partial charge in [-0.3, -0.25) is 4.79 Å². The summed E-state index contributed by atoms with van der Waals surface area (Å²) in [5.74, 6) is 0.783. The van der Waals surface area contributed by atoms with Crippen LogP contribution in [0.5, 0.6) is 5.75 Å². The topological polar surface area (TPSA) is 42.7 Å². The van der Waals surface area contributed by atoms with Gasteiger partial charge in [-0.15, -0.1) is 0 Å². The van der Waals surface area contributed by atoms with Crippen molar-refractivity contribution in [2.24, 2.45) is 0 Å². The lowest BCUT2D eigenvalue weighted by molar-refractivity contribution is -0.125. The number of allylic oxidation sites excluding steroid dienone is 1. The van der Waals surface area contributed by atoms with Crippen LogP contribution >= 0.6 is 0 Å². The van der Waals surface area contributed by atoms with E-state index < -0.39 is 0 Å². The maximum absolute atomic E-state index is 13.0. The summed E-state index contributed by atoms with van der Waals surface area (Å²) < 4.78 is 11.6. The number of carbonyl (C=O) groups is 1. The maximum atomic E-state index is 13.0. The van der Waals surface area contributed by atoms with E-state index in [0.717, 1.165) is 59.2 Å². The Bertz CT molecular complexity index is 1340. The third-order valence-electron chi connectivity index (χ3n) is 6.88. The summed E-state index contributed by atoms with van der Waals surface area (Å²) in [7, 11) is 1.65. The molecule has 4 heteroatoms. The number of hydrogen-bond donors (Lipinski definition) is 0. The Kier molecular flexibility index (Phi) is 6.71. The number of hydrogen-bond acceptors (Lipinski definition) is 3. The fraction of sp³-hybridized carbons (Fsp3) is 0.258. The van der Waals surface area contributed by atoms with Crippen molar-refractivity contribution in [3.05, 3.63) is 84.6 Å². The summed E-state index contributed by atoms with van der Waals surface area (Å²) in [4.78, 5) is 14.9. The van der Waals surface area contributed by atoms with E-state index in [9.17, 15) is 4.79 Å². The zero-order valence-electron chi connectivity index (χ0n) is 20.4. The molecular formula is C31H31NO3. The number of fused-ring (bicyclic) bond motifs is 1. The highest BCUT2D eigenvalue weighted by molar-refractivity contribution is 6.00. The molecule has 2 heterocycles. The van der Waals surface area contributed by atoms with Crippen molar-refractivity contribution >= 4 is 22.4 Å². The minimum absolute atomic E-state index is 0.0791. The highest BCUT2D eigenvalue weighted by Crippen LogP contribution is 2.38. The van der Waals surface area contributed by atoms with E-state index in [1.807, 2.05) is 24.0 Å². The molecule has 4 nitrogen and oxygen atoms in total. The van der Waals surface area contributed by atoms with Crippen LogP contribution in [0.2, 0.25) is 0 Å². The number of methoxy groups -OCH3 is 1. The van der Waals surface area contributed by atoms with Crippen LogP contribution in [0.1, 0.15) is 38.2 Å². The van der Waals surface area contributed by atoms with E-state index in [1.54, 1.807) is 19.4 Å². The van der Waals surface area contributed by atoms with Gasteiger partial charge >= 0.3 is 0 Å². The van der Waals surface area contributed by atoms with E-state index >= 15 is 0 Å². The molecule has 4 aromatic rings. The van der Waals surface area contributed by atoms with Gasteiger partial charge in [0, 0.05) is 41.7 Å². The van der Waals surface area contributed by atoms with Gasteiger partial charge in [0.1, 0.15) is 11.3 Å². The van der Waals surface area contributed by atoms with Crippen molar-refractivity contribution in [2.75, 3.05) is 20.2 Å². The Morgan fingerprint density at radius 3 is 2.23 bits per heavy atom. The Hall–Kier alpha value is -3.79. The van der Waals surface area contributed by atoms with Crippen molar-refractivity contribution in [1.82, 2.24) is 4.90 Å². The molecule has 0 spiro atoms. The van der Waals surface area contributed by atoms with Crippen LogP contribution in [0.15, 0.2) is 83.5 Å². The quantitative estimate of drug-likeness (QED) is 0.285. The van der Waals surface area contributed by atoms with Gasteiger partial charge in [0.2, 0.25) is 5.91 Å². The summed E-state index contributed by atoms with van der Waals surface area (Å²) in [6, 6.07) is 22.9. The monoisotopic (exact) mass is 465 g/mol. The molecule has 0 bridgehead atoms. The molecule has 1 aliphatic heterocycles. The predicted molar refractivity (Wildman–Crippen MR) is 142 cm³/mol. The molecule has 0 unspecified atom stereocenters. The first-order valence-electron chi connectivity index (χ1n) is 12.4. The first kappa shape index (κ1) is 23.0. The van der Waals surface area contributed by atoms with E-state index in [4.69, 9.17) is 9.15 Å². The summed E-state index contributed by atoms with van der Waals surface area (Å²) in [6.45, 7) is 3.65. The molecule has 1 saturated heterocycles. The summed E-state index contributed by atoms with van der Waals surface area (Å²) in [5.41, 5.74) is 7.04. The fourth-order valence-corrected chi connectivity index (χ4v) is 4.87. The smallest absolute Gasteiger partial charge is 0.246 e.